The number of nitrogens with one attached hydrogen (secondary N) is 3. The molecule has 0 saturated carbocycles. The van der Waals surface area contributed by atoms with E-state index in [1.165, 1.54) is 6.33 Å². The zero-order valence-electron chi connectivity index (χ0n) is 12.6. The molecule has 3 N–H and O–H groups in total. The maximum atomic E-state index is 4.48. The van der Waals surface area contributed by atoms with E-state index in [0.717, 1.165) is 41.6 Å². The molecule has 0 fully saturated rings. The summed E-state index contributed by atoms with van der Waals surface area (Å²) in [4.78, 5) is 16.1. The van der Waals surface area contributed by atoms with E-state index in [9.17, 15) is 0 Å². The summed E-state index contributed by atoms with van der Waals surface area (Å²) in [7, 11) is 0. The number of fused-ring (bicyclic) bond motifs is 2. The highest BCUT2D eigenvalue weighted by atomic mass is 15.4. The van der Waals surface area contributed by atoms with Crippen LogP contribution in [-0.2, 0) is 0 Å². The molecule has 23 heavy (non-hydrogen) atoms. The van der Waals surface area contributed by atoms with Gasteiger partial charge >= 0.3 is 0 Å². The molecule has 0 aliphatic carbocycles. The Hall–Kier alpha value is -3.16. The molecule has 116 valence electrons. The number of aromatic amines is 1. The largest absolute Gasteiger partial charge is 0.368 e. The van der Waals surface area contributed by atoms with Gasteiger partial charge in [0.05, 0.1) is 11.0 Å². The van der Waals surface area contributed by atoms with Gasteiger partial charge in [0.25, 0.3) is 5.78 Å². The van der Waals surface area contributed by atoms with Crippen molar-refractivity contribution in [2.45, 2.75) is 6.92 Å². The standard InChI is InChI=1S/C15H16N8/c1-10-8-13(23-15(20-10)18-9-19-23)16-6-7-17-14-21-11-4-2-3-5-12(11)22-14/h2-5,8-9,16H,6-7H2,1H3,(H2,17,21,22). The van der Waals surface area contributed by atoms with E-state index in [-0.39, 0.29) is 0 Å². The SMILES string of the molecule is Cc1cc(NCCNc2nc3ccccc3[nH]2)n2ncnc2n1. The van der Waals surface area contributed by atoms with Crippen molar-refractivity contribution in [3.8, 4) is 0 Å². The van der Waals surface area contributed by atoms with E-state index < -0.39 is 0 Å². The van der Waals surface area contributed by atoms with E-state index in [1.807, 2.05) is 37.3 Å². The predicted molar refractivity (Wildman–Crippen MR) is 88.6 cm³/mol. The number of aryl methyl sites for hydroxylation is 1. The van der Waals surface area contributed by atoms with Crippen molar-refractivity contribution < 1.29 is 0 Å². The molecule has 3 aromatic heterocycles. The van der Waals surface area contributed by atoms with Crippen LogP contribution in [0.1, 0.15) is 5.69 Å². The summed E-state index contributed by atoms with van der Waals surface area (Å²) in [5.41, 5.74) is 2.88. The quantitative estimate of drug-likeness (QED) is 0.487. The second-order valence-electron chi connectivity index (χ2n) is 5.21. The van der Waals surface area contributed by atoms with E-state index in [1.54, 1.807) is 4.52 Å². The molecular weight excluding hydrogens is 292 g/mol. The van der Waals surface area contributed by atoms with E-state index in [2.05, 4.69) is 35.7 Å². The van der Waals surface area contributed by atoms with Gasteiger partial charge in [0.1, 0.15) is 12.1 Å². The number of rotatable bonds is 5. The van der Waals surface area contributed by atoms with Crippen molar-refractivity contribution in [1.29, 1.82) is 0 Å². The highest BCUT2D eigenvalue weighted by molar-refractivity contribution is 5.77. The molecule has 0 amide bonds. The molecule has 0 atom stereocenters. The minimum atomic E-state index is 0.595. The van der Waals surface area contributed by atoms with Crippen LogP contribution in [0.2, 0.25) is 0 Å². The molecule has 0 aliphatic heterocycles. The fraction of sp³-hybridized carbons (Fsp3) is 0.200. The van der Waals surface area contributed by atoms with E-state index >= 15 is 0 Å². The van der Waals surface area contributed by atoms with Crippen LogP contribution >= 0.6 is 0 Å². The van der Waals surface area contributed by atoms with Gasteiger partial charge in [0, 0.05) is 24.8 Å². The number of hydrogen-bond acceptors (Lipinski definition) is 6. The van der Waals surface area contributed by atoms with Gasteiger partial charge in [-0.15, -0.1) is 0 Å². The zero-order valence-corrected chi connectivity index (χ0v) is 12.6. The van der Waals surface area contributed by atoms with Crippen LogP contribution in [0.25, 0.3) is 16.8 Å². The number of benzene rings is 1. The van der Waals surface area contributed by atoms with Gasteiger partial charge in [-0.25, -0.2) is 9.97 Å². The summed E-state index contributed by atoms with van der Waals surface area (Å²) >= 11 is 0. The lowest BCUT2D eigenvalue weighted by atomic mass is 10.3. The van der Waals surface area contributed by atoms with Crippen molar-refractivity contribution >= 4 is 28.6 Å². The van der Waals surface area contributed by atoms with Crippen LogP contribution in [0, 0.1) is 6.92 Å². The number of aromatic nitrogens is 6. The summed E-state index contributed by atoms with van der Waals surface area (Å²) in [6, 6.07) is 9.90. The smallest absolute Gasteiger partial charge is 0.254 e. The molecule has 0 bridgehead atoms. The van der Waals surface area contributed by atoms with Crippen molar-refractivity contribution in [3.05, 3.63) is 42.4 Å². The van der Waals surface area contributed by atoms with Crippen LogP contribution < -0.4 is 10.6 Å². The second-order valence-corrected chi connectivity index (χ2v) is 5.21. The molecular formula is C15H16N8. The van der Waals surface area contributed by atoms with Crippen LogP contribution in [0.15, 0.2) is 36.7 Å². The minimum Gasteiger partial charge on any atom is -0.368 e. The first-order valence-corrected chi connectivity index (χ1v) is 7.39. The van der Waals surface area contributed by atoms with E-state index in [0.29, 0.717) is 5.78 Å². The predicted octanol–water partition coefficient (Wildman–Crippen LogP) is 1.83. The van der Waals surface area contributed by atoms with Crippen molar-refractivity contribution in [2.75, 3.05) is 23.7 Å². The zero-order chi connectivity index (χ0) is 15.6. The van der Waals surface area contributed by atoms with Gasteiger partial charge in [-0.1, -0.05) is 12.1 Å². The summed E-state index contributed by atoms with van der Waals surface area (Å²) in [5, 5.41) is 10.8. The third-order valence-electron chi connectivity index (χ3n) is 3.49. The monoisotopic (exact) mass is 308 g/mol. The Morgan fingerprint density at radius 3 is 2.91 bits per heavy atom. The highest BCUT2D eigenvalue weighted by Gasteiger charge is 2.05. The van der Waals surface area contributed by atoms with Crippen LogP contribution in [0.4, 0.5) is 11.8 Å². The van der Waals surface area contributed by atoms with Crippen LogP contribution in [0.5, 0.6) is 0 Å². The molecule has 0 spiro atoms. The number of nitrogens with zero attached hydrogens (tertiary/aromatic N) is 5. The molecule has 0 unspecified atom stereocenters. The van der Waals surface area contributed by atoms with Crippen LogP contribution in [-0.4, -0.2) is 42.6 Å². The molecule has 0 radical (unpaired) electrons. The first kappa shape index (κ1) is 13.5. The van der Waals surface area contributed by atoms with Gasteiger partial charge in [0.2, 0.25) is 5.95 Å². The van der Waals surface area contributed by atoms with Crippen LogP contribution in [0.3, 0.4) is 0 Å². The fourth-order valence-electron chi connectivity index (χ4n) is 2.46. The van der Waals surface area contributed by atoms with Crippen molar-refractivity contribution in [2.24, 2.45) is 0 Å². The Balaban J connectivity index is 1.40. The molecule has 8 heteroatoms. The number of para-hydroxylation sites is 2. The van der Waals surface area contributed by atoms with Gasteiger partial charge < -0.3 is 15.6 Å². The van der Waals surface area contributed by atoms with Gasteiger partial charge in [0.15, 0.2) is 0 Å². The molecule has 4 rings (SSSR count). The minimum absolute atomic E-state index is 0.595. The second kappa shape index (κ2) is 5.56. The average molecular weight is 308 g/mol. The lowest BCUT2D eigenvalue weighted by Gasteiger charge is -2.09. The lowest BCUT2D eigenvalue weighted by Crippen LogP contribution is -2.16. The summed E-state index contributed by atoms with van der Waals surface area (Å²) in [5.74, 6) is 2.24. The molecule has 4 aromatic rings. The number of hydrogen-bond donors (Lipinski definition) is 3. The Labute approximate surface area is 132 Å². The third-order valence-corrected chi connectivity index (χ3v) is 3.49. The Kier molecular flexibility index (Phi) is 3.26. The molecule has 0 saturated heterocycles. The van der Waals surface area contributed by atoms with Gasteiger partial charge in [-0.05, 0) is 19.1 Å². The molecule has 1 aromatic carbocycles. The molecule has 3 heterocycles. The lowest BCUT2D eigenvalue weighted by molar-refractivity contribution is 0.913. The van der Waals surface area contributed by atoms with Gasteiger partial charge in [-0.2, -0.15) is 14.6 Å². The topological polar surface area (TPSA) is 95.8 Å². The summed E-state index contributed by atoms with van der Waals surface area (Å²) in [6.07, 6.45) is 1.50. The Morgan fingerprint density at radius 1 is 1.13 bits per heavy atom. The average Bonchev–Trinajstić information content (AvgIpc) is 3.17. The Morgan fingerprint density at radius 2 is 2.00 bits per heavy atom. The molecule has 8 nitrogen and oxygen atoms in total. The summed E-state index contributed by atoms with van der Waals surface area (Å²) in [6.45, 7) is 3.37. The maximum absolute atomic E-state index is 4.48. The highest BCUT2D eigenvalue weighted by Crippen LogP contribution is 2.13. The van der Waals surface area contributed by atoms with Crippen molar-refractivity contribution in [3.63, 3.8) is 0 Å². The normalized spacial score (nSPS) is 11.2. The number of H-pyrrole nitrogens is 1. The Bertz CT molecular complexity index is 921. The number of anilines is 2. The van der Waals surface area contributed by atoms with Gasteiger partial charge in [-0.3, -0.25) is 0 Å². The first-order chi connectivity index (χ1) is 11.3. The third kappa shape index (κ3) is 2.66. The summed E-state index contributed by atoms with van der Waals surface area (Å²) < 4.78 is 1.69. The molecule has 0 aliphatic rings. The first-order valence-electron chi connectivity index (χ1n) is 7.39. The number of imidazole rings is 1. The maximum Gasteiger partial charge on any atom is 0.254 e. The fourth-order valence-corrected chi connectivity index (χ4v) is 2.46. The van der Waals surface area contributed by atoms with Crippen molar-refractivity contribution in [1.82, 2.24) is 29.5 Å². The van der Waals surface area contributed by atoms with E-state index in [4.69, 9.17) is 0 Å².